The number of benzene rings is 1. The highest BCUT2D eigenvalue weighted by Gasteiger charge is 2.18. The fraction of sp³-hybridized carbons (Fsp3) is 0.0833. The fourth-order valence-corrected chi connectivity index (χ4v) is 2.46. The molecule has 0 unspecified atom stereocenters. The molecular formula is C12H7F2N3O2S. The van der Waals surface area contributed by atoms with Gasteiger partial charge < -0.3 is 9.67 Å². The lowest BCUT2D eigenvalue weighted by Crippen LogP contribution is -2.10. The van der Waals surface area contributed by atoms with Crippen LogP contribution in [0.1, 0.15) is 0 Å². The number of fused-ring (bicyclic) bond motifs is 1. The highest BCUT2D eigenvalue weighted by molar-refractivity contribution is 7.07. The van der Waals surface area contributed by atoms with Gasteiger partial charge in [0.2, 0.25) is 0 Å². The molecule has 20 heavy (non-hydrogen) atoms. The van der Waals surface area contributed by atoms with Crippen molar-refractivity contribution in [2.24, 2.45) is 0 Å². The minimum Gasteiger partial charge on any atom is -0.480 e. The standard InChI is InChI=1S/C12H7F2N3O2S/c13-6-1-8-10(2-7(6)14)17(3-11(18)19)12(16-8)9-4-20-5-15-9/h1-2,4-5H,3H2,(H,18,19). The molecule has 0 saturated heterocycles. The average Bonchev–Trinajstić information content (AvgIpc) is 2.99. The maximum Gasteiger partial charge on any atom is 0.323 e. The second-order valence-corrected chi connectivity index (χ2v) is 4.76. The fourth-order valence-electron chi connectivity index (χ4n) is 1.93. The van der Waals surface area contributed by atoms with E-state index in [2.05, 4.69) is 9.97 Å². The Balaban J connectivity index is 2.30. The molecule has 0 aliphatic rings. The van der Waals surface area contributed by atoms with Crippen molar-refractivity contribution < 1.29 is 18.7 Å². The summed E-state index contributed by atoms with van der Waals surface area (Å²) in [6.45, 7) is -0.408. The number of imidazole rings is 1. The van der Waals surface area contributed by atoms with Gasteiger partial charge in [-0.15, -0.1) is 11.3 Å². The van der Waals surface area contributed by atoms with Gasteiger partial charge in [-0.3, -0.25) is 4.79 Å². The summed E-state index contributed by atoms with van der Waals surface area (Å²) in [5.41, 5.74) is 2.44. The van der Waals surface area contributed by atoms with Crippen molar-refractivity contribution in [2.45, 2.75) is 6.54 Å². The Morgan fingerprint density at radius 1 is 1.35 bits per heavy atom. The molecule has 1 N–H and O–H groups in total. The molecule has 0 aliphatic carbocycles. The van der Waals surface area contributed by atoms with Gasteiger partial charge in [-0.05, 0) is 0 Å². The van der Waals surface area contributed by atoms with Crippen LogP contribution in [-0.2, 0) is 11.3 Å². The van der Waals surface area contributed by atoms with E-state index >= 15 is 0 Å². The number of carbonyl (C=O) groups is 1. The topological polar surface area (TPSA) is 68.0 Å². The van der Waals surface area contributed by atoms with Crippen LogP contribution >= 0.6 is 11.3 Å². The summed E-state index contributed by atoms with van der Waals surface area (Å²) in [5, 5.41) is 10.6. The molecule has 5 nitrogen and oxygen atoms in total. The molecule has 3 aromatic rings. The van der Waals surface area contributed by atoms with Crippen molar-refractivity contribution in [3.8, 4) is 11.5 Å². The summed E-state index contributed by atoms with van der Waals surface area (Å²) in [4.78, 5) is 19.1. The van der Waals surface area contributed by atoms with Gasteiger partial charge in [0.1, 0.15) is 12.2 Å². The smallest absolute Gasteiger partial charge is 0.323 e. The highest BCUT2D eigenvalue weighted by atomic mass is 32.1. The van der Waals surface area contributed by atoms with Gasteiger partial charge in [-0.1, -0.05) is 0 Å². The molecule has 102 valence electrons. The van der Waals surface area contributed by atoms with Gasteiger partial charge in [-0.2, -0.15) is 0 Å². The largest absolute Gasteiger partial charge is 0.480 e. The summed E-state index contributed by atoms with van der Waals surface area (Å²) < 4.78 is 27.9. The first-order valence-electron chi connectivity index (χ1n) is 5.52. The minimum absolute atomic E-state index is 0.188. The number of rotatable bonds is 3. The normalized spacial score (nSPS) is 11.1. The zero-order valence-corrected chi connectivity index (χ0v) is 10.7. The van der Waals surface area contributed by atoms with E-state index in [1.165, 1.54) is 15.9 Å². The number of carboxylic acids is 1. The first-order chi connectivity index (χ1) is 9.56. The monoisotopic (exact) mass is 295 g/mol. The van der Waals surface area contributed by atoms with Crippen molar-refractivity contribution in [3.63, 3.8) is 0 Å². The summed E-state index contributed by atoms with van der Waals surface area (Å²) in [5.74, 6) is -2.91. The Morgan fingerprint density at radius 3 is 2.75 bits per heavy atom. The van der Waals surface area contributed by atoms with E-state index in [-0.39, 0.29) is 16.9 Å². The maximum atomic E-state index is 13.3. The molecule has 1 aromatic carbocycles. The Bertz CT molecular complexity index is 799. The van der Waals surface area contributed by atoms with Crippen LogP contribution in [0.15, 0.2) is 23.0 Å². The number of thiazole rings is 1. The Labute approximate surface area is 115 Å². The van der Waals surface area contributed by atoms with Crippen molar-refractivity contribution in [2.75, 3.05) is 0 Å². The minimum atomic E-state index is -1.11. The third-order valence-corrected chi connectivity index (χ3v) is 3.33. The number of aromatic nitrogens is 3. The third kappa shape index (κ3) is 2.03. The van der Waals surface area contributed by atoms with Crippen LogP contribution in [0.25, 0.3) is 22.6 Å². The number of aliphatic carboxylic acids is 1. The van der Waals surface area contributed by atoms with Crippen LogP contribution < -0.4 is 0 Å². The van der Waals surface area contributed by atoms with Crippen molar-refractivity contribution in [3.05, 3.63) is 34.7 Å². The van der Waals surface area contributed by atoms with Gasteiger partial charge in [0.15, 0.2) is 17.5 Å². The third-order valence-electron chi connectivity index (χ3n) is 2.75. The summed E-state index contributed by atoms with van der Waals surface area (Å²) in [6, 6.07) is 1.88. The van der Waals surface area contributed by atoms with E-state index in [1.54, 1.807) is 10.9 Å². The van der Waals surface area contributed by atoms with Crippen LogP contribution in [0.4, 0.5) is 8.78 Å². The van der Waals surface area contributed by atoms with Crippen molar-refractivity contribution in [1.29, 1.82) is 0 Å². The molecule has 0 radical (unpaired) electrons. The molecule has 0 amide bonds. The van der Waals surface area contributed by atoms with Gasteiger partial charge in [-0.25, -0.2) is 18.7 Å². The Hall–Kier alpha value is -2.35. The molecule has 8 heteroatoms. The lowest BCUT2D eigenvalue weighted by molar-refractivity contribution is -0.137. The second-order valence-electron chi connectivity index (χ2n) is 4.04. The van der Waals surface area contributed by atoms with Crippen LogP contribution in [0, 0.1) is 11.6 Å². The van der Waals surface area contributed by atoms with E-state index in [4.69, 9.17) is 5.11 Å². The molecule has 0 aliphatic heterocycles. The van der Waals surface area contributed by atoms with Crippen LogP contribution in [0.5, 0.6) is 0 Å². The zero-order chi connectivity index (χ0) is 14.3. The predicted octanol–water partition coefficient (Wildman–Crippen LogP) is 2.52. The lowest BCUT2D eigenvalue weighted by Gasteiger charge is -2.04. The number of hydrogen-bond donors (Lipinski definition) is 1. The Morgan fingerprint density at radius 2 is 2.10 bits per heavy atom. The van der Waals surface area contributed by atoms with E-state index < -0.39 is 24.1 Å². The maximum absolute atomic E-state index is 13.3. The number of halogens is 2. The van der Waals surface area contributed by atoms with Gasteiger partial charge >= 0.3 is 5.97 Å². The molecule has 0 spiro atoms. The first kappa shape index (κ1) is 12.7. The van der Waals surface area contributed by atoms with Crippen LogP contribution in [0.2, 0.25) is 0 Å². The molecule has 0 atom stereocenters. The molecule has 0 fully saturated rings. The molecular weight excluding hydrogens is 288 g/mol. The average molecular weight is 295 g/mol. The molecule has 0 saturated carbocycles. The van der Waals surface area contributed by atoms with Gasteiger partial charge in [0, 0.05) is 17.5 Å². The lowest BCUT2D eigenvalue weighted by atomic mass is 10.3. The van der Waals surface area contributed by atoms with E-state index in [9.17, 15) is 13.6 Å². The second kappa shape index (κ2) is 4.64. The summed E-state index contributed by atoms with van der Waals surface area (Å²) >= 11 is 1.32. The van der Waals surface area contributed by atoms with E-state index in [1.807, 2.05) is 0 Å². The number of nitrogens with zero attached hydrogens (tertiary/aromatic N) is 3. The van der Waals surface area contributed by atoms with Crippen LogP contribution in [0.3, 0.4) is 0 Å². The molecule has 0 bridgehead atoms. The Kier molecular flexibility index (Phi) is 2.94. The van der Waals surface area contributed by atoms with Crippen molar-refractivity contribution >= 4 is 28.3 Å². The SMILES string of the molecule is O=C(O)Cn1c(-c2cscn2)nc2cc(F)c(F)cc21. The zero-order valence-electron chi connectivity index (χ0n) is 9.88. The highest BCUT2D eigenvalue weighted by Crippen LogP contribution is 2.26. The number of hydrogen-bond acceptors (Lipinski definition) is 4. The summed E-state index contributed by atoms with van der Waals surface area (Å²) in [6.07, 6.45) is 0. The molecule has 3 rings (SSSR count). The molecule has 2 aromatic heterocycles. The van der Waals surface area contributed by atoms with Gasteiger partial charge in [0.05, 0.1) is 16.5 Å². The van der Waals surface area contributed by atoms with Gasteiger partial charge in [0.25, 0.3) is 0 Å². The van der Waals surface area contributed by atoms with E-state index in [0.717, 1.165) is 12.1 Å². The first-order valence-corrected chi connectivity index (χ1v) is 6.46. The van der Waals surface area contributed by atoms with Crippen LogP contribution in [-0.4, -0.2) is 25.6 Å². The predicted molar refractivity (Wildman–Crippen MR) is 68.4 cm³/mol. The number of carboxylic acid groups (broad SMARTS) is 1. The summed E-state index contributed by atoms with van der Waals surface area (Å²) in [7, 11) is 0. The molecule has 2 heterocycles. The van der Waals surface area contributed by atoms with Crippen molar-refractivity contribution in [1.82, 2.24) is 14.5 Å². The quantitative estimate of drug-likeness (QED) is 0.806. The van der Waals surface area contributed by atoms with E-state index in [0.29, 0.717) is 5.69 Å².